The molecular formula is C14H16ClNO3. The summed E-state index contributed by atoms with van der Waals surface area (Å²) in [7, 11) is 0. The molecule has 19 heavy (non-hydrogen) atoms. The second kappa shape index (κ2) is 5.63. The van der Waals surface area contributed by atoms with Crippen molar-refractivity contribution in [2.24, 2.45) is 0 Å². The summed E-state index contributed by atoms with van der Waals surface area (Å²) in [6, 6.07) is 7.74. The van der Waals surface area contributed by atoms with Crippen LogP contribution in [0.3, 0.4) is 0 Å². The zero-order chi connectivity index (χ0) is 14.0. The SMILES string of the molecule is Cc1cccc(NC2=C(Cl)C(=O)O[C@@H]2OC(C)C)c1. The molecular weight excluding hydrogens is 266 g/mol. The van der Waals surface area contributed by atoms with Crippen molar-refractivity contribution in [1.29, 1.82) is 0 Å². The molecule has 0 aromatic heterocycles. The van der Waals surface area contributed by atoms with E-state index in [0.717, 1.165) is 11.3 Å². The molecule has 0 radical (unpaired) electrons. The van der Waals surface area contributed by atoms with Crippen molar-refractivity contribution in [1.82, 2.24) is 0 Å². The highest BCUT2D eigenvalue weighted by molar-refractivity contribution is 6.42. The summed E-state index contributed by atoms with van der Waals surface area (Å²) < 4.78 is 10.6. The molecule has 4 nitrogen and oxygen atoms in total. The van der Waals surface area contributed by atoms with E-state index < -0.39 is 12.3 Å². The summed E-state index contributed by atoms with van der Waals surface area (Å²) in [6.45, 7) is 5.72. The summed E-state index contributed by atoms with van der Waals surface area (Å²) in [5.41, 5.74) is 2.39. The average molecular weight is 282 g/mol. The Hall–Kier alpha value is -1.52. The molecule has 0 aliphatic carbocycles. The molecule has 1 aromatic carbocycles. The summed E-state index contributed by atoms with van der Waals surface area (Å²) in [5, 5.41) is 3.13. The fourth-order valence-corrected chi connectivity index (χ4v) is 1.94. The van der Waals surface area contributed by atoms with Crippen molar-refractivity contribution >= 4 is 23.3 Å². The van der Waals surface area contributed by atoms with E-state index in [0.29, 0.717) is 5.70 Å². The van der Waals surface area contributed by atoms with Gasteiger partial charge in [0.2, 0.25) is 6.29 Å². The van der Waals surface area contributed by atoms with Gasteiger partial charge in [0.15, 0.2) is 5.03 Å². The third-order valence-corrected chi connectivity index (χ3v) is 2.92. The standard InChI is InChI=1S/C14H16ClNO3/c1-8(2)18-14-12(11(15)13(17)19-14)16-10-6-4-5-9(3)7-10/h4-8,14,16H,1-3H3/t14-/m0/s1. The van der Waals surface area contributed by atoms with E-state index in [-0.39, 0.29) is 11.1 Å². The number of hydrogen-bond donors (Lipinski definition) is 1. The number of ether oxygens (including phenoxy) is 2. The van der Waals surface area contributed by atoms with Crippen LogP contribution >= 0.6 is 11.6 Å². The van der Waals surface area contributed by atoms with Gasteiger partial charge in [-0.25, -0.2) is 4.79 Å². The van der Waals surface area contributed by atoms with Crippen LogP contribution in [0.5, 0.6) is 0 Å². The maximum absolute atomic E-state index is 11.5. The van der Waals surface area contributed by atoms with Crippen molar-refractivity contribution in [3.63, 3.8) is 0 Å². The molecule has 0 unspecified atom stereocenters. The van der Waals surface area contributed by atoms with Gasteiger partial charge in [-0.1, -0.05) is 23.7 Å². The number of benzene rings is 1. The van der Waals surface area contributed by atoms with Gasteiger partial charge < -0.3 is 14.8 Å². The van der Waals surface area contributed by atoms with Crippen molar-refractivity contribution in [2.45, 2.75) is 33.2 Å². The smallest absolute Gasteiger partial charge is 0.354 e. The first-order valence-corrected chi connectivity index (χ1v) is 6.45. The van der Waals surface area contributed by atoms with E-state index in [2.05, 4.69) is 5.32 Å². The van der Waals surface area contributed by atoms with Gasteiger partial charge in [-0.2, -0.15) is 0 Å². The van der Waals surface area contributed by atoms with Gasteiger partial charge in [0.05, 0.1) is 6.10 Å². The van der Waals surface area contributed by atoms with Crippen molar-refractivity contribution < 1.29 is 14.3 Å². The Morgan fingerprint density at radius 3 is 2.79 bits per heavy atom. The lowest BCUT2D eigenvalue weighted by Gasteiger charge is -2.18. The number of halogens is 1. The minimum Gasteiger partial charge on any atom is -0.425 e. The number of hydrogen-bond acceptors (Lipinski definition) is 4. The van der Waals surface area contributed by atoms with E-state index in [1.165, 1.54) is 0 Å². The first-order valence-electron chi connectivity index (χ1n) is 6.07. The molecule has 2 rings (SSSR count). The maximum Gasteiger partial charge on any atom is 0.354 e. The van der Waals surface area contributed by atoms with Crippen LogP contribution in [0.4, 0.5) is 5.69 Å². The van der Waals surface area contributed by atoms with Crippen LogP contribution in [-0.2, 0) is 14.3 Å². The molecule has 0 spiro atoms. The van der Waals surface area contributed by atoms with Crippen molar-refractivity contribution in [3.8, 4) is 0 Å². The Balaban J connectivity index is 2.22. The molecule has 0 amide bonds. The van der Waals surface area contributed by atoms with Crippen molar-refractivity contribution in [3.05, 3.63) is 40.6 Å². The first kappa shape index (κ1) is 13.9. The van der Waals surface area contributed by atoms with E-state index in [1.807, 2.05) is 45.0 Å². The van der Waals surface area contributed by atoms with Crippen LogP contribution in [0.25, 0.3) is 0 Å². The maximum atomic E-state index is 11.5. The van der Waals surface area contributed by atoms with Crippen LogP contribution in [-0.4, -0.2) is 18.4 Å². The predicted octanol–water partition coefficient (Wildman–Crippen LogP) is 3.17. The number of cyclic esters (lactones) is 1. The molecule has 0 bridgehead atoms. The lowest BCUT2D eigenvalue weighted by Crippen LogP contribution is -2.23. The zero-order valence-electron chi connectivity index (χ0n) is 11.1. The monoisotopic (exact) mass is 281 g/mol. The van der Waals surface area contributed by atoms with Gasteiger partial charge >= 0.3 is 5.97 Å². The second-order valence-electron chi connectivity index (χ2n) is 4.64. The minimum absolute atomic E-state index is 0.0344. The Morgan fingerprint density at radius 2 is 2.16 bits per heavy atom. The third kappa shape index (κ3) is 3.28. The van der Waals surface area contributed by atoms with Crippen LogP contribution in [0.2, 0.25) is 0 Å². The molecule has 1 aliphatic rings. The Labute approximate surface area is 117 Å². The first-order chi connectivity index (χ1) is 8.97. The van der Waals surface area contributed by atoms with Crippen LogP contribution in [0.1, 0.15) is 19.4 Å². The third-order valence-electron chi connectivity index (χ3n) is 2.56. The van der Waals surface area contributed by atoms with E-state index in [9.17, 15) is 4.79 Å². The molecule has 1 heterocycles. The molecule has 1 aromatic rings. The van der Waals surface area contributed by atoms with Gasteiger partial charge in [0.25, 0.3) is 0 Å². The number of rotatable bonds is 4. The normalized spacial score (nSPS) is 19.0. The van der Waals surface area contributed by atoms with E-state index in [1.54, 1.807) is 0 Å². The van der Waals surface area contributed by atoms with Crippen molar-refractivity contribution in [2.75, 3.05) is 5.32 Å². The number of esters is 1. The Kier molecular flexibility index (Phi) is 4.12. The quantitative estimate of drug-likeness (QED) is 0.861. The fraction of sp³-hybridized carbons (Fsp3) is 0.357. The number of carbonyl (C=O) groups excluding carboxylic acids is 1. The number of aryl methyl sites for hydroxylation is 1. The molecule has 0 saturated carbocycles. The molecule has 5 heteroatoms. The zero-order valence-corrected chi connectivity index (χ0v) is 11.8. The van der Waals surface area contributed by atoms with E-state index >= 15 is 0 Å². The highest BCUT2D eigenvalue weighted by Gasteiger charge is 2.34. The highest BCUT2D eigenvalue weighted by Crippen LogP contribution is 2.28. The minimum atomic E-state index is -0.777. The summed E-state index contributed by atoms with van der Waals surface area (Å²) in [6.07, 6.45) is -0.852. The van der Waals surface area contributed by atoms with Gasteiger partial charge in [-0.3, -0.25) is 0 Å². The summed E-state index contributed by atoms with van der Waals surface area (Å²) >= 11 is 5.96. The lowest BCUT2D eigenvalue weighted by atomic mass is 10.2. The summed E-state index contributed by atoms with van der Waals surface area (Å²) in [5.74, 6) is -0.567. The topological polar surface area (TPSA) is 47.6 Å². The van der Waals surface area contributed by atoms with Crippen LogP contribution in [0, 0.1) is 6.92 Å². The van der Waals surface area contributed by atoms with Gasteiger partial charge in [-0.15, -0.1) is 0 Å². The molecule has 1 atom stereocenters. The second-order valence-corrected chi connectivity index (χ2v) is 5.02. The van der Waals surface area contributed by atoms with Gasteiger partial charge in [-0.05, 0) is 38.5 Å². The number of carbonyl (C=O) groups is 1. The average Bonchev–Trinajstić information content (AvgIpc) is 2.56. The molecule has 0 fully saturated rings. The predicted molar refractivity (Wildman–Crippen MR) is 73.8 cm³/mol. The van der Waals surface area contributed by atoms with Gasteiger partial charge in [0, 0.05) is 5.69 Å². The summed E-state index contributed by atoms with van der Waals surface area (Å²) in [4.78, 5) is 11.5. The molecule has 1 N–H and O–H groups in total. The number of anilines is 1. The largest absolute Gasteiger partial charge is 0.425 e. The highest BCUT2D eigenvalue weighted by atomic mass is 35.5. The van der Waals surface area contributed by atoms with Crippen LogP contribution < -0.4 is 5.32 Å². The molecule has 102 valence electrons. The lowest BCUT2D eigenvalue weighted by molar-refractivity contribution is -0.165. The Bertz CT molecular complexity index is 525. The Morgan fingerprint density at radius 1 is 1.42 bits per heavy atom. The fourth-order valence-electron chi connectivity index (χ4n) is 1.76. The van der Waals surface area contributed by atoms with E-state index in [4.69, 9.17) is 21.1 Å². The molecule has 1 aliphatic heterocycles. The molecule has 0 saturated heterocycles. The van der Waals surface area contributed by atoms with Crippen LogP contribution in [0.15, 0.2) is 35.0 Å². The van der Waals surface area contributed by atoms with Gasteiger partial charge in [0.1, 0.15) is 5.70 Å². The number of nitrogens with one attached hydrogen (secondary N) is 1.